The van der Waals surface area contributed by atoms with Crippen molar-refractivity contribution in [3.63, 3.8) is 0 Å². The van der Waals surface area contributed by atoms with Crippen molar-refractivity contribution in [2.75, 3.05) is 0 Å². The summed E-state index contributed by atoms with van der Waals surface area (Å²) in [5, 5.41) is 5.07. The lowest BCUT2D eigenvalue weighted by atomic mass is 10.2. The van der Waals surface area contributed by atoms with Gasteiger partial charge < -0.3 is 8.94 Å². The van der Waals surface area contributed by atoms with E-state index in [1.165, 1.54) is 16.3 Å². The van der Waals surface area contributed by atoms with Crippen LogP contribution in [0, 0.1) is 0 Å². The fourth-order valence-electron chi connectivity index (χ4n) is 2.27. The van der Waals surface area contributed by atoms with Crippen molar-refractivity contribution in [3.8, 4) is 11.6 Å². The maximum Gasteiger partial charge on any atom is 0.261 e. The van der Waals surface area contributed by atoms with Gasteiger partial charge in [-0.25, -0.2) is 4.98 Å². The largest absolute Gasteiger partial charge is 0.461 e. The average Bonchev–Trinajstić information content (AvgIpc) is 3.28. The van der Waals surface area contributed by atoms with Crippen LogP contribution in [-0.4, -0.2) is 19.7 Å². The molecule has 3 aromatic heterocycles. The minimum atomic E-state index is -0.0788. The first kappa shape index (κ1) is 14.7. The number of furan rings is 1. The smallest absolute Gasteiger partial charge is 0.261 e. The summed E-state index contributed by atoms with van der Waals surface area (Å²) in [6.07, 6.45) is 1.55. The molecule has 24 heavy (non-hydrogen) atoms. The standard InChI is InChI=1S/C16H12N4O3S/c1-20-15(21)10-5-2-3-6-11(10)17-16(20)24-9-13-18-14(19-23-13)12-7-4-8-22-12/h2-8H,9H2,1H3. The van der Waals surface area contributed by atoms with E-state index in [2.05, 4.69) is 15.1 Å². The third kappa shape index (κ3) is 2.61. The zero-order valence-electron chi connectivity index (χ0n) is 12.7. The van der Waals surface area contributed by atoms with Crippen LogP contribution in [0.2, 0.25) is 0 Å². The normalized spacial score (nSPS) is 11.2. The fourth-order valence-corrected chi connectivity index (χ4v) is 3.08. The number of benzene rings is 1. The average molecular weight is 340 g/mol. The third-order valence-electron chi connectivity index (χ3n) is 3.48. The van der Waals surface area contributed by atoms with Crippen LogP contribution >= 0.6 is 11.8 Å². The lowest BCUT2D eigenvalue weighted by molar-refractivity contribution is 0.390. The van der Waals surface area contributed by atoms with Crippen molar-refractivity contribution in [1.29, 1.82) is 0 Å². The fraction of sp³-hybridized carbons (Fsp3) is 0.125. The molecule has 0 fully saturated rings. The molecule has 0 radical (unpaired) electrons. The van der Waals surface area contributed by atoms with E-state index in [0.717, 1.165) is 0 Å². The predicted octanol–water partition coefficient (Wildman–Crippen LogP) is 2.87. The monoisotopic (exact) mass is 340 g/mol. The van der Waals surface area contributed by atoms with Crippen LogP contribution in [0.25, 0.3) is 22.5 Å². The van der Waals surface area contributed by atoms with Gasteiger partial charge in [-0.1, -0.05) is 29.1 Å². The molecule has 4 aromatic rings. The Morgan fingerprint density at radius 3 is 2.88 bits per heavy atom. The van der Waals surface area contributed by atoms with Gasteiger partial charge in [-0.15, -0.1) is 0 Å². The first-order valence-corrected chi connectivity index (χ1v) is 8.16. The van der Waals surface area contributed by atoms with Crippen molar-refractivity contribution in [1.82, 2.24) is 19.7 Å². The van der Waals surface area contributed by atoms with E-state index in [1.807, 2.05) is 18.2 Å². The molecule has 0 aliphatic rings. The molecule has 0 atom stereocenters. The second kappa shape index (κ2) is 5.97. The van der Waals surface area contributed by atoms with Crippen molar-refractivity contribution < 1.29 is 8.94 Å². The molecule has 0 aliphatic heterocycles. The molecule has 0 aliphatic carbocycles. The summed E-state index contributed by atoms with van der Waals surface area (Å²) >= 11 is 1.36. The Kier molecular flexibility index (Phi) is 3.66. The summed E-state index contributed by atoms with van der Waals surface area (Å²) < 4.78 is 12.0. The van der Waals surface area contributed by atoms with Gasteiger partial charge >= 0.3 is 0 Å². The van der Waals surface area contributed by atoms with Gasteiger partial charge in [0.05, 0.1) is 22.9 Å². The summed E-state index contributed by atoms with van der Waals surface area (Å²) in [6.45, 7) is 0. The van der Waals surface area contributed by atoms with Gasteiger partial charge in [0.25, 0.3) is 5.56 Å². The van der Waals surface area contributed by atoms with Crippen molar-refractivity contribution in [3.05, 3.63) is 58.9 Å². The maximum absolute atomic E-state index is 12.4. The molecule has 120 valence electrons. The van der Waals surface area contributed by atoms with Crippen LogP contribution in [0.1, 0.15) is 5.89 Å². The topological polar surface area (TPSA) is 86.9 Å². The Morgan fingerprint density at radius 2 is 2.04 bits per heavy atom. The molecule has 8 heteroatoms. The van der Waals surface area contributed by atoms with Gasteiger partial charge in [-0.05, 0) is 24.3 Å². The second-order valence-corrected chi connectivity index (χ2v) is 6.00. The zero-order valence-corrected chi connectivity index (χ0v) is 13.5. The van der Waals surface area contributed by atoms with Crippen molar-refractivity contribution >= 4 is 22.7 Å². The van der Waals surface area contributed by atoms with Gasteiger partial charge in [-0.2, -0.15) is 4.98 Å². The Balaban J connectivity index is 1.59. The molecular weight excluding hydrogens is 328 g/mol. The lowest BCUT2D eigenvalue weighted by Gasteiger charge is -2.07. The molecule has 1 aromatic carbocycles. The molecule has 7 nitrogen and oxygen atoms in total. The highest BCUT2D eigenvalue weighted by atomic mass is 32.2. The lowest BCUT2D eigenvalue weighted by Crippen LogP contribution is -2.19. The first-order chi connectivity index (χ1) is 11.7. The molecule has 0 saturated heterocycles. The highest BCUT2D eigenvalue weighted by Gasteiger charge is 2.13. The zero-order chi connectivity index (χ0) is 16.5. The number of rotatable bonds is 4. The Labute approximate surface area is 140 Å². The molecule has 3 heterocycles. The third-order valence-corrected chi connectivity index (χ3v) is 4.49. The molecular formula is C16H12N4O3S. The van der Waals surface area contributed by atoms with Crippen molar-refractivity contribution in [2.45, 2.75) is 10.9 Å². The SMILES string of the molecule is Cn1c(SCc2nc(-c3ccco3)no2)nc2ccccc2c1=O. The van der Waals surface area contributed by atoms with E-state index in [0.29, 0.717) is 39.3 Å². The quantitative estimate of drug-likeness (QED) is 0.417. The van der Waals surface area contributed by atoms with Gasteiger partial charge in [0.2, 0.25) is 11.7 Å². The van der Waals surface area contributed by atoms with Crippen LogP contribution < -0.4 is 5.56 Å². The van der Waals surface area contributed by atoms with Crippen LogP contribution in [0.15, 0.2) is 61.6 Å². The van der Waals surface area contributed by atoms with E-state index < -0.39 is 0 Å². The number of hydrogen-bond acceptors (Lipinski definition) is 7. The number of aromatic nitrogens is 4. The number of nitrogens with zero attached hydrogens (tertiary/aromatic N) is 4. The highest BCUT2D eigenvalue weighted by Crippen LogP contribution is 2.22. The van der Waals surface area contributed by atoms with Crippen LogP contribution in [0.3, 0.4) is 0 Å². The summed E-state index contributed by atoms with van der Waals surface area (Å²) in [5.41, 5.74) is 0.592. The molecule has 0 bridgehead atoms. The van der Waals surface area contributed by atoms with Gasteiger partial charge in [0.1, 0.15) is 0 Å². The van der Waals surface area contributed by atoms with E-state index in [-0.39, 0.29) is 5.56 Å². The summed E-state index contributed by atoms with van der Waals surface area (Å²) in [7, 11) is 1.70. The summed E-state index contributed by atoms with van der Waals surface area (Å²) in [6, 6.07) is 10.8. The number of thioether (sulfide) groups is 1. The Bertz CT molecular complexity index is 1050. The minimum absolute atomic E-state index is 0.0788. The first-order valence-electron chi connectivity index (χ1n) is 7.17. The summed E-state index contributed by atoms with van der Waals surface area (Å²) in [4.78, 5) is 21.2. The number of fused-ring (bicyclic) bond motifs is 1. The molecule has 0 N–H and O–H groups in total. The predicted molar refractivity (Wildman–Crippen MR) is 88.5 cm³/mol. The minimum Gasteiger partial charge on any atom is -0.461 e. The Hall–Kier alpha value is -2.87. The number of hydrogen-bond donors (Lipinski definition) is 0. The van der Waals surface area contributed by atoms with Crippen LogP contribution in [0.4, 0.5) is 0 Å². The van der Waals surface area contributed by atoms with E-state index >= 15 is 0 Å². The second-order valence-electron chi connectivity index (χ2n) is 5.05. The maximum atomic E-state index is 12.4. The molecule has 0 unspecified atom stereocenters. The van der Waals surface area contributed by atoms with E-state index in [4.69, 9.17) is 8.94 Å². The Morgan fingerprint density at radius 1 is 1.17 bits per heavy atom. The molecule has 0 saturated carbocycles. The van der Waals surface area contributed by atoms with Gasteiger partial charge in [-0.3, -0.25) is 9.36 Å². The number of para-hydroxylation sites is 1. The summed E-state index contributed by atoms with van der Waals surface area (Å²) in [5.74, 6) is 1.79. The molecule has 4 rings (SSSR count). The van der Waals surface area contributed by atoms with E-state index in [1.54, 1.807) is 31.5 Å². The van der Waals surface area contributed by atoms with Gasteiger partial charge in [0.15, 0.2) is 10.9 Å². The van der Waals surface area contributed by atoms with Crippen LogP contribution in [0.5, 0.6) is 0 Å². The van der Waals surface area contributed by atoms with Gasteiger partial charge in [0, 0.05) is 7.05 Å². The highest BCUT2D eigenvalue weighted by molar-refractivity contribution is 7.98. The van der Waals surface area contributed by atoms with Crippen molar-refractivity contribution in [2.24, 2.45) is 7.05 Å². The molecule has 0 amide bonds. The van der Waals surface area contributed by atoms with Crippen LogP contribution in [-0.2, 0) is 12.8 Å². The molecule has 0 spiro atoms. The van der Waals surface area contributed by atoms with E-state index in [9.17, 15) is 4.79 Å².